The smallest absolute Gasteiger partial charge is 0.260 e. The number of hydrogen-bond acceptors (Lipinski definition) is 2. The molecule has 0 bridgehead atoms. The zero-order chi connectivity index (χ0) is 11.4. The number of ether oxygens (including phenoxy) is 1. The maximum atomic E-state index is 12.8. The molecule has 0 saturated heterocycles. The van der Waals surface area contributed by atoms with Crippen LogP contribution in [-0.2, 0) is 4.79 Å². The fraction of sp³-hybridized carbons (Fsp3) is 0.300. The lowest BCUT2D eigenvalue weighted by atomic mass is 10.3. The zero-order valence-corrected chi connectivity index (χ0v) is 8.38. The summed E-state index contributed by atoms with van der Waals surface area (Å²) < 4.78 is 30.4. The lowest BCUT2D eigenvalue weighted by Crippen LogP contribution is -2.33. The number of rotatable bonds is 3. The average molecular weight is 215 g/mol. The van der Waals surface area contributed by atoms with Crippen molar-refractivity contribution in [1.82, 2.24) is 5.32 Å². The van der Waals surface area contributed by atoms with Crippen molar-refractivity contribution in [3.8, 4) is 5.75 Å². The minimum Gasteiger partial charge on any atom is -0.481 e. The Hall–Kier alpha value is -1.65. The second kappa shape index (κ2) is 4.72. The van der Waals surface area contributed by atoms with Crippen LogP contribution in [0.2, 0.25) is 0 Å². The van der Waals surface area contributed by atoms with Crippen LogP contribution in [0.1, 0.15) is 6.92 Å². The molecule has 0 aliphatic heterocycles. The molecule has 0 aliphatic rings. The Bertz CT molecular complexity index is 368. The van der Waals surface area contributed by atoms with Gasteiger partial charge in [-0.1, -0.05) is 0 Å². The van der Waals surface area contributed by atoms with E-state index in [9.17, 15) is 13.6 Å². The van der Waals surface area contributed by atoms with Crippen molar-refractivity contribution in [1.29, 1.82) is 0 Å². The first-order chi connectivity index (χ1) is 7.04. The first-order valence-electron chi connectivity index (χ1n) is 4.38. The van der Waals surface area contributed by atoms with Gasteiger partial charge in [0.1, 0.15) is 5.75 Å². The van der Waals surface area contributed by atoms with Crippen molar-refractivity contribution in [2.75, 3.05) is 7.05 Å². The van der Waals surface area contributed by atoms with Gasteiger partial charge in [0.25, 0.3) is 5.91 Å². The van der Waals surface area contributed by atoms with Crippen LogP contribution in [0.15, 0.2) is 18.2 Å². The van der Waals surface area contributed by atoms with Crippen molar-refractivity contribution in [3.63, 3.8) is 0 Å². The molecule has 15 heavy (non-hydrogen) atoms. The lowest BCUT2D eigenvalue weighted by Gasteiger charge is -2.12. The number of benzene rings is 1. The zero-order valence-electron chi connectivity index (χ0n) is 8.38. The van der Waals surface area contributed by atoms with Crippen molar-refractivity contribution >= 4 is 5.91 Å². The summed E-state index contributed by atoms with van der Waals surface area (Å²) in [6, 6.07) is 3.11. The van der Waals surface area contributed by atoms with E-state index in [2.05, 4.69) is 5.32 Å². The van der Waals surface area contributed by atoms with E-state index in [-0.39, 0.29) is 11.7 Å². The SMILES string of the molecule is CNC(=O)C(C)Oc1ccc(F)c(F)c1. The van der Waals surface area contributed by atoms with Gasteiger partial charge < -0.3 is 10.1 Å². The van der Waals surface area contributed by atoms with Crippen LogP contribution >= 0.6 is 0 Å². The van der Waals surface area contributed by atoms with Crippen LogP contribution in [0, 0.1) is 11.6 Å². The highest BCUT2D eigenvalue weighted by Gasteiger charge is 2.13. The third-order valence-corrected chi connectivity index (χ3v) is 1.82. The Morgan fingerprint density at radius 1 is 1.40 bits per heavy atom. The van der Waals surface area contributed by atoms with E-state index in [1.54, 1.807) is 0 Å². The molecular weight excluding hydrogens is 204 g/mol. The van der Waals surface area contributed by atoms with Gasteiger partial charge in [0.05, 0.1) is 0 Å². The summed E-state index contributed by atoms with van der Waals surface area (Å²) in [5, 5.41) is 2.38. The first kappa shape index (κ1) is 11.4. The Morgan fingerprint density at radius 2 is 2.07 bits per heavy atom. The van der Waals surface area contributed by atoms with Gasteiger partial charge in [0, 0.05) is 13.1 Å². The summed E-state index contributed by atoms with van der Waals surface area (Å²) in [6.07, 6.45) is -0.750. The van der Waals surface area contributed by atoms with Gasteiger partial charge in [-0.15, -0.1) is 0 Å². The number of hydrogen-bond donors (Lipinski definition) is 1. The molecule has 82 valence electrons. The molecule has 1 rings (SSSR count). The van der Waals surface area contributed by atoms with E-state index in [0.29, 0.717) is 0 Å². The van der Waals surface area contributed by atoms with Gasteiger partial charge in [-0.3, -0.25) is 4.79 Å². The quantitative estimate of drug-likeness (QED) is 0.829. The highest BCUT2D eigenvalue weighted by Crippen LogP contribution is 2.16. The summed E-state index contributed by atoms with van der Waals surface area (Å²) in [5.41, 5.74) is 0. The van der Waals surface area contributed by atoms with Crippen molar-refractivity contribution in [2.24, 2.45) is 0 Å². The summed E-state index contributed by atoms with van der Waals surface area (Å²) in [6.45, 7) is 1.51. The van der Waals surface area contributed by atoms with Gasteiger partial charge in [-0.25, -0.2) is 8.78 Å². The third-order valence-electron chi connectivity index (χ3n) is 1.82. The highest BCUT2D eigenvalue weighted by atomic mass is 19.2. The predicted molar refractivity (Wildman–Crippen MR) is 50.5 cm³/mol. The lowest BCUT2D eigenvalue weighted by molar-refractivity contribution is -0.126. The Labute approximate surface area is 86.0 Å². The van der Waals surface area contributed by atoms with Crippen LogP contribution in [0.25, 0.3) is 0 Å². The fourth-order valence-electron chi connectivity index (χ4n) is 1.01. The van der Waals surface area contributed by atoms with Crippen molar-refractivity contribution < 1.29 is 18.3 Å². The van der Waals surface area contributed by atoms with E-state index in [0.717, 1.165) is 12.1 Å². The van der Waals surface area contributed by atoms with E-state index in [1.165, 1.54) is 20.0 Å². The molecule has 0 heterocycles. The van der Waals surface area contributed by atoms with Gasteiger partial charge >= 0.3 is 0 Å². The highest BCUT2D eigenvalue weighted by molar-refractivity contribution is 5.80. The molecule has 0 spiro atoms. The number of likely N-dealkylation sites (N-methyl/N-ethyl adjacent to an activating group) is 1. The molecular formula is C10H11F2NO2. The number of carbonyl (C=O) groups is 1. The molecule has 0 fully saturated rings. The molecule has 1 amide bonds. The summed E-state index contributed by atoms with van der Waals surface area (Å²) in [4.78, 5) is 11.1. The summed E-state index contributed by atoms with van der Waals surface area (Å²) in [5.74, 6) is -2.17. The maximum Gasteiger partial charge on any atom is 0.260 e. The third kappa shape index (κ3) is 2.90. The molecule has 1 aromatic carbocycles. The van der Waals surface area contributed by atoms with Crippen molar-refractivity contribution in [2.45, 2.75) is 13.0 Å². The Balaban J connectivity index is 2.73. The van der Waals surface area contributed by atoms with Crippen LogP contribution in [-0.4, -0.2) is 19.1 Å². The molecule has 0 radical (unpaired) electrons. The van der Waals surface area contributed by atoms with E-state index < -0.39 is 17.7 Å². The fourth-order valence-corrected chi connectivity index (χ4v) is 1.01. The molecule has 1 unspecified atom stereocenters. The van der Waals surface area contributed by atoms with Crippen LogP contribution in [0.5, 0.6) is 5.75 Å². The average Bonchev–Trinajstić information content (AvgIpc) is 2.22. The standard InChI is InChI=1S/C10H11F2NO2/c1-6(10(14)13-2)15-7-3-4-8(11)9(12)5-7/h3-6H,1-2H3,(H,13,14). The molecule has 0 aromatic heterocycles. The summed E-state index contributed by atoms with van der Waals surface area (Å²) in [7, 11) is 1.47. The van der Waals surface area contributed by atoms with Crippen LogP contribution in [0.3, 0.4) is 0 Å². The Morgan fingerprint density at radius 3 is 2.60 bits per heavy atom. The van der Waals surface area contributed by atoms with Crippen LogP contribution in [0.4, 0.5) is 8.78 Å². The molecule has 1 atom stereocenters. The largest absolute Gasteiger partial charge is 0.481 e. The minimum atomic E-state index is -1.00. The number of carbonyl (C=O) groups excluding carboxylic acids is 1. The molecule has 5 heteroatoms. The Kier molecular flexibility index (Phi) is 3.60. The number of amides is 1. The predicted octanol–water partition coefficient (Wildman–Crippen LogP) is 1.48. The monoisotopic (exact) mass is 215 g/mol. The molecule has 0 saturated carbocycles. The van der Waals surface area contributed by atoms with Gasteiger partial charge in [-0.2, -0.15) is 0 Å². The van der Waals surface area contributed by atoms with Crippen molar-refractivity contribution in [3.05, 3.63) is 29.8 Å². The molecule has 3 nitrogen and oxygen atoms in total. The number of halogens is 2. The normalized spacial score (nSPS) is 12.0. The summed E-state index contributed by atoms with van der Waals surface area (Å²) >= 11 is 0. The van der Waals surface area contributed by atoms with Crippen LogP contribution < -0.4 is 10.1 Å². The minimum absolute atomic E-state index is 0.116. The second-order valence-corrected chi connectivity index (χ2v) is 2.95. The molecule has 1 N–H and O–H groups in total. The maximum absolute atomic E-state index is 12.8. The van der Waals surface area contributed by atoms with Gasteiger partial charge in [0.15, 0.2) is 17.7 Å². The van der Waals surface area contributed by atoms with Gasteiger partial charge in [-0.05, 0) is 19.1 Å². The number of nitrogens with one attached hydrogen (secondary N) is 1. The van der Waals surface area contributed by atoms with E-state index in [1.807, 2.05) is 0 Å². The van der Waals surface area contributed by atoms with Gasteiger partial charge in [0.2, 0.25) is 0 Å². The first-order valence-corrected chi connectivity index (χ1v) is 4.38. The second-order valence-electron chi connectivity index (χ2n) is 2.95. The topological polar surface area (TPSA) is 38.3 Å². The van der Waals surface area contributed by atoms with E-state index >= 15 is 0 Å². The molecule has 0 aliphatic carbocycles. The van der Waals surface area contributed by atoms with E-state index in [4.69, 9.17) is 4.74 Å². The molecule has 1 aromatic rings.